The maximum atomic E-state index is 12.4. The number of nitrogens with zero attached hydrogens (tertiary/aromatic N) is 4. The number of carbonyl (C=O) groups excluding carboxylic acids is 2. The molecule has 0 aromatic carbocycles. The fraction of sp³-hybridized carbons (Fsp3) is 0.562. The number of hydrogen-bond acceptors (Lipinski definition) is 7. The van der Waals surface area contributed by atoms with Gasteiger partial charge in [0, 0.05) is 30.8 Å². The Morgan fingerprint density at radius 3 is 2.72 bits per heavy atom. The Bertz CT molecular complexity index is 766. The van der Waals surface area contributed by atoms with E-state index < -0.39 is 0 Å². The van der Waals surface area contributed by atoms with Crippen molar-refractivity contribution in [2.75, 3.05) is 18.0 Å². The highest BCUT2D eigenvalue weighted by atomic mass is 32.1. The zero-order valence-corrected chi connectivity index (χ0v) is 16.2. The van der Waals surface area contributed by atoms with Crippen LogP contribution in [-0.4, -0.2) is 40.1 Å². The number of anilines is 1. The molecule has 0 spiro atoms. The molecule has 25 heavy (non-hydrogen) atoms. The predicted octanol–water partition coefficient (Wildman–Crippen LogP) is 1.89. The highest BCUT2D eigenvalue weighted by Gasteiger charge is 2.36. The van der Waals surface area contributed by atoms with Gasteiger partial charge < -0.3 is 5.32 Å². The van der Waals surface area contributed by atoms with Crippen molar-refractivity contribution in [1.29, 1.82) is 0 Å². The van der Waals surface area contributed by atoms with Crippen LogP contribution in [0.5, 0.6) is 0 Å². The summed E-state index contributed by atoms with van der Waals surface area (Å²) in [5.41, 5.74) is 1.05. The fourth-order valence-electron chi connectivity index (χ4n) is 2.65. The average molecular weight is 380 g/mol. The van der Waals surface area contributed by atoms with Gasteiger partial charge in [0.1, 0.15) is 5.01 Å². The molecule has 1 aliphatic rings. The van der Waals surface area contributed by atoms with E-state index in [1.54, 1.807) is 16.2 Å². The molecule has 0 bridgehead atoms. The molecular weight excluding hydrogens is 358 g/mol. The Morgan fingerprint density at radius 1 is 1.28 bits per heavy atom. The summed E-state index contributed by atoms with van der Waals surface area (Å²) in [7, 11) is 0. The summed E-state index contributed by atoms with van der Waals surface area (Å²) < 4.78 is 0. The number of carbonyl (C=O) groups is 2. The molecule has 2 aromatic rings. The molecule has 1 unspecified atom stereocenters. The minimum absolute atomic E-state index is 0.0647. The monoisotopic (exact) mass is 379 g/mol. The maximum absolute atomic E-state index is 12.4. The van der Waals surface area contributed by atoms with Crippen LogP contribution in [0.3, 0.4) is 0 Å². The van der Waals surface area contributed by atoms with Crippen LogP contribution >= 0.6 is 22.7 Å². The molecule has 134 valence electrons. The maximum Gasteiger partial charge on any atom is 0.229 e. The number of aromatic nitrogens is 3. The molecular formula is C16H21N5O2S2. The minimum Gasteiger partial charge on any atom is -0.355 e. The van der Waals surface area contributed by atoms with Crippen LogP contribution < -0.4 is 10.2 Å². The summed E-state index contributed by atoms with van der Waals surface area (Å²) in [6, 6.07) is 0. The fourth-order valence-corrected chi connectivity index (χ4v) is 4.39. The van der Waals surface area contributed by atoms with Gasteiger partial charge in [-0.05, 0) is 20.3 Å². The Kier molecular flexibility index (Phi) is 5.43. The van der Waals surface area contributed by atoms with Gasteiger partial charge in [0.05, 0.1) is 16.6 Å². The highest BCUT2D eigenvalue weighted by Crippen LogP contribution is 2.28. The lowest BCUT2D eigenvalue weighted by atomic mass is 10.1. The number of aryl methyl sites for hydroxylation is 3. The second-order valence-corrected chi connectivity index (χ2v) is 8.36. The van der Waals surface area contributed by atoms with E-state index in [4.69, 9.17) is 0 Å². The van der Waals surface area contributed by atoms with Crippen LogP contribution in [0.2, 0.25) is 0 Å². The summed E-state index contributed by atoms with van der Waals surface area (Å²) in [5.74, 6) is -0.479. The lowest BCUT2D eigenvalue weighted by Gasteiger charge is -2.12. The molecule has 3 rings (SSSR count). The number of nitrogens with one attached hydrogen (secondary N) is 1. The van der Waals surface area contributed by atoms with Gasteiger partial charge in [0.15, 0.2) is 0 Å². The Hall–Kier alpha value is -1.87. The van der Waals surface area contributed by atoms with Crippen LogP contribution in [0.25, 0.3) is 0 Å². The van der Waals surface area contributed by atoms with Crippen molar-refractivity contribution in [3.63, 3.8) is 0 Å². The SMILES string of the molecule is CCc1nnc(N2CC(C(=O)NCCc3nc(C)c(C)s3)CC2=O)s1. The molecule has 1 fully saturated rings. The van der Waals surface area contributed by atoms with Gasteiger partial charge in [-0.1, -0.05) is 18.3 Å². The molecule has 2 aromatic heterocycles. The Labute approximate surface area is 154 Å². The predicted molar refractivity (Wildman–Crippen MR) is 98.0 cm³/mol. The molecule has 1 N–H and O–H groups in total. The first kappa shape index (κ1) is 17.9. The van der Waals surface area contributed by atoms with Crippen molar-refractivity contribution in [2.24, 2.45) is 5.92 Å². The van der Waals surface area contributed by atoms with E-state index in [2.05, 4.69) is 20.5 Å². The van der Waals surface area contributed by atoms with Crippen molar-refractivity contribution in [1.82, 2.24) is 20.5 Å². The molecule has 1 atom stereocenters. The minimum atomic E-state index is -0.332. The Balaban J connectivity index is 1.52. The largest absolute Gasteiger partial charge is 0.355 e. The molecule has 0 radical (unpaired) electrons. The number of rotatable bonds is 6. The molecule has 0 aliphatic carbocycles. The molecule has 1 saturated heterocycles. The van der Waals surface area contributed by atoms with E-state index in [1.165, 1.54) is 16.2 Å². The summed E-state index contributed by atoms with van der Waals surface area (Å²) in [6.07, 6.45) is 1.73. The van der Waals surface area contributed by atoms with Crippen molar-refractivity contribution in [3.05, 3.63) is 20.6 Å². The van der Waals surface area contributed by atoms with Crippen LogP contribution in [0.15, 0.2) is 0 Å². The summed E-state index contributed by atoms with van der Waals surface area (Å²) in [6.45, 7) is 6.94. The van der Waals surface area contributed by atoms with Gasteiger partial charge >= 0.3 is 0 Å². The van der Waals surface area contributed by atoms with E-state index in [-0.39, 0.29) is 24.2 Å². The summed E-state index contributed by atoms with van der Waals surface area (Å²) in [5, 5.41) is 13.5. The van der Waals surface area contributed by atoms with Gasteiger partial charge in [-0.25, -0.2) is 4.98 Å². The van der Waals surface area contributed by atoms with Crippen LogP contribution in [-0.2, 0) is 22.4 Å². The van der Waals surface area contributed by atoms with Crippen molar-refractivity contribution in [2.45, 2.75) is 40.0 Å². The van der Waals surface area contributed by atoms with Gasteiger partial charge in [-0.15, -0.1) is 21.5 Å². The lowest BCUT2D eigenvalue weighted by Crippen LogP contribution is -2.34. The molecule has 9 heteroatoms. The van der Waals surface area contributed by atoms with Gasteiger partial charge in [0.2, 0.25) is 16.9 Å². The summed E-state index contributed by atoms with van der Waals surface area (Å²) in [4.78, 5) is 31.8. The first-order valence-corrected chi connectivity index (χ1v) is 9.94. The lowest BCUT2D eigenvalue weighted by molar-refractivity contribution is -0.126. The van der Waals surface area contributed by atoms with E-state index in [0.717, 1.165) is 22.1 Å². The smallest absolute Gasteiger partial charge is 0.229 e. The van der Waals surface area contributed by atoms with Crippen LogP contribution in [0, 0.1) is 19.8 Å². The topological polar surface area (TPSA) is 88.1 Å². The second-order valence-electron chi connectivity index (χ2n) is 6.03. The normalized spacial score (nSPS) is 17.3. The Morgan fingerprint density at radius 2 is 2.08 bits per heavy atom. The van der Waals surface area contributed by atoms with Crippen LogP contribution in [0.1, 0.15) is 33.9 Å². The van der Waals surface area contributed by atoms with Crippen LogP contribution in [0.4, 0.5) is 5.13 Å². The second kappa shape index (κ2) is 7.57. The van der Waals surface area contributed by atoms with Crippen molar-refractivity contribution in [3.8, 4) is 0 Å². The van der Waals surface area contributed by atoms with E-state index >= 15 is 0 Å². The number of hydrogen-bond donors (Lipinski definition) is 1. The number of thiazole rings is 1. The first-order valence-electron chi connectivity index (χ1n) is 8.31. The molecule has 7 nitrogen and oxygen atoms in total. The third kappa shape index (κ3) is 4.04. The molecule has 2 amide bonds. The van der Waals surface area contributed by atoms with E-state index in [1.807, 2.05) is 20.8 Å². The summed E-state index contributed by atoms with van der Waals surface area (Å²) >= 11 is 3.07. The first-order chi connectivity index (χ1) is 12.0. The third-order valence-corrected chi connectivity index (χ3v) is 6.42. The van der Waals surface area contributed by atoms with Gasteiger partial charge in [-0.3, -0.25) is 14.5 Å². The molecule has 1 aliphatic heterocycles. The van der Waals surface area contributed by atoms with E-state index in [9.17, 15) is 9.59 Å². The standard InChI is InChI=1S/C16H21N5O2S2/c1-4-12-19-20-16(25-12)21-8-11(7-14(21)22)15(23)17-6-5-13-18-9(2)10(3)24-13/h11H,4-8H2,1-3H3,(H,17,23). The van der Waals surface area contributed by atoms with Crippen molar-refractivity contribution >= 4 is 39.6 Å². The number of amides is 2. The quantitative estimate of drug-likeness (QED) is 0.828. The highest BCUT2D eigenvalue weighted by molar-refractivity contribution is 7.15. The zero-order valence-electron chi connectivity index (χ0n) is 14.5. The third-order valence-electron chi connectivity index (χ3n) is 4.20. The van der Waals surface area contributed by atoms with Gasteiger partial charge in [0.25, 0.3) is 0 Å². The van der Waals surface area contributed by atoms with Gasteiger partial charge in [-0.2, -0.15) is 0 Å². The molecule has 0 saturated carbocycles. The van der Waals surface area contributed by atoms with E-state index in [0.29, 0.717) is 24.6 Å². The van der Waals surface area contributed by atoms with Crippen molar-refractivity contribution < 1.29 is 9.59 Å². The zero-order chi connectivity index (χ0) is 18.0. The average Bonchev–Trinajstić information content (AvgIpc) is 3.27. The molecule has 3 heterocycles.